The largest absolute Gasteiger partial charge is 0.392 e. The molecule has 1 fully saturated rings. The zero-order valence-electron chi connectivity index (χ0n) is 8.68. The van der Waals surface area contributed by atoms with Crippen LogP contribution in [-0.4, -0.2) is 18.0 Å². The number of rotatable bonds is 2. The Labute approximate surface area is 87.0 Å². The molecule has 15 heavy (non-hydrogen) atoms. The van der Waals surface area contributed by atoms with E-state index in [4.69, 9.17) is 5.73 Å². The molecule has 0 heterocycles. The first-order valence-electron chi connectivity index (χ1n) is 5.16. The van der Waals surface area contributed by atoms with E-state index in [0.29, 0.717) is 12.8 Å². The van der Waals surface area contributed by atoms with Gasteiger partial charge in [-0.05, 0) is 25.7 Å². The summed E-state index contributed by atoms with van der Waals surface area (Å²) in [4.78, 5) is 11.0. The summed E-state index contributed by atoms with van der Waals surface area (Å²) >= 11 is 0. The average Bonchev–Trinajstić information content (AvgIpc) is 2.15. The molecule has 0 radical (unpaired) electrons. The fraction of sp³-hybridized carbons (Fsp3) is 0.900. The summed E-state index contributed by atoms with van der Waals surface area (Å²) in [6, 6.07) is -0.961. The first-order chi connectivity index (χ1) is 6.84. The standard InChI is InChI=1S/C10H16F3NO/c1-6(15)9(14)7-4-2-3-5-8(7)10(11,12)13/h7-9H,2-5,14H2,1H3. The van der Waals surface area contributed by atoms with E-state index >= 15 is 0 Å². The lowest BCUT2D eigenvalue weighted by Gasteiger charge is -2.35. The molecule has 0 aliphatic heterocycles. The van der Waals surface area contributed by atoms with Crippen molar-refractivity contribution < 1.29 is 18.0 Å². The number of nitrogens with two attached hydrogens (primary N) is 1. The molecule has 0 saturated heterocycles. The quantitative estimate of drug-likeness (QED) is 0.780. The average molecular weight is 223 g/mol. The molecule has 0 amide bonds. The van der Waals surface area contributed by atoms with Crippen LogP contribution in [0.25, 0.3) is 0 Å². The summed E-state index contributed by atoms with van der Waals surface area (Å²) in [5, 5.41) is 0. The monoisotopic (exact) mass is 223 g/mol. The zero-order chi connectivity index (χ0) is 11.6. The van der Waals surface area contributed by atoms with Crippen LogP contribution in [0.15, 0.2) is 0 Å². The van der Waals surface area contributed by atoms with Gasteiger partial charge in [0.05, 0.1) is 12.0 Å². The lowest BCUT2D eigenvalue weighted by Crippen LogP contribution is -2.46. The van der Waals surface area contributed by atoms with Gasteiger partial charge < -0.3 is 5.73 Å². The lowest BCUT2D eigenvalue weighted by atomic mass is 9.74. The number of carbonyl (C=O) groups is 1. The third-order valence-corrected chi connectivity index (χ3v) is 3.17. The highest BCUT2D eigenvalue weighted by atomic mass is 19.4. The molecule has 1 aliphatic rings. The molecule has 0 aromatic heterocycles. The van der Waals surface area contributed by atoms with E-state index < -0.39 is 24.1 Å². The number of alkyl halides is 3. The molecule has 3 atom stereocenters. The third-order valence-electron chi connectivity index (χ3n) is 3.17. The Balaban J connectivity index is 2.78. The second-order valence-electron chi connectivity index (χ2n) is 4.23. The highest BCUT2D eigenvalue weighted by Gasteiger charge is 2.47. The van der Waals surface area contributed by atoms with Crippen molar-refractivity contribution in [1.82, 2.24) is 0 Å². The predicted octanol–water partition coefficient (Wildman–Crippen LogP) is 2.27. The molecule has 1 rings (SSSR count). The van der Waals surface area contributed by atoms with E-state index in [1.165, 1.54) is 6.92 Å². The van der Waals surface area contributed by atoms with Crippen LogP contribution in [0, 0.1) is 11.8 Å². The summed E-state index contributed by atoms with van der Waals surface area (Å²) in [5.74, 6) is -2.47. The number of carbonyl (C=O) groups excluding carboxylic acids is 1. The molecule has 5 heteroatoms. The van der Waals surface area contributed by atoms with Crippen LogP contribution in [0.2, 0.25) is 0 Å². The van der Waals surface area contributed by atoms with Gasteiger partial charge in [0.2, 0.25) is 0 Å². The smallest absolute Gasteiger partial charge is 0.321 e. The molecule has 0 bridgehead atoms. The Bertz CT molecular complexity index is 239. The van der Waals surface area contributed by atoms with E-state index in [2.05, 4.69) is 0 Å². The van der Waals surface area contributed by atoms with Crippen LogP contribution >= 0.6 is 0 Å². The first kappa shape index (κ1) is 12.5. The number of ketones is 1. The highest BCUT2D eigenvalue weighted by Crippen LogP contribution is 2.42. The predicted molar refractivity (Wildman–Crippen MR) is 50.2 cm³/mol. The first-order valence-corrected chi connectivity index (χ1v) is 5.16. The van der Waals surface area contributed by atoms with Gasteiger partial charge in [0.1, 0.15) is 5.78 Å². The number of Topliss-reactive ketones (excluding diaryl/α,β-unsaturated/α-hetero) is 1. The fourth-order valence-corrected chi connectivity index (χ4v) is 2.30. The molecule has 0 aromatic rings. The third kappa shape index (κ3) is 2.93. The Morgan fingerprint density at radius 1 is 1.33 bits per heavy atom. The molecule has 88 valence electrons. The molecule has 2 nitrogen and oxygen atoms in total. The minimum Gasteiger partial charge on any atom is -0.321 e. The van der Waals surface area contributed by atoms with E-state index in [-0.39, 0.29) is 12.2 Å². The molecule has 3 unspecified atom stereocenters. The van der Waals surface area contributed by atoms with Crippen molar-refractivity contribution in [1.29, 1.82) is 0 Å². The van der Waals surface area contributed by atoms with Crippen molar-refractivity contribution in [2.45, 2.75) is 44.8 Å². The summed E-state index contributed by atoms with van der Waals surface area (Å²) in [6.45, 7) is 1.26. The molecule has 1 saturated carbocycles. The molecular weight excluding hydrogens is 207 g/mol. The molecule has 2 N–H and O–H groups in total. The van der Waals surface area contributed by atoms with Crippen molar-refractivity contribution in [3.8, 4) is 0 Å². The van der Waals surface area contributed by atoms with E-state index in [0.717, 1.165) is 6.42 Å². The minimum absolute atomic E-state index is 0.106. The maximum Gasteiger partial charge on any atom is 0.392 e. The number of hydrogen-bond acceptors (Lipinski definition) is 2. The molecule has 1 aliphatic carbocycles. The van der Waals surface area contributed by atoms with Gasteiger partial charge in [-0.2, -0.15) is 13.2 Å². The van der Waals surface area contributed by atoms with Crippen LogP contribution in [0.4, 0.5) is 13.2 Å². The fourth-order valence-electron chi connectivity index (χ4n) is 2.30. The van der Waals surface area contributed by atoms with Gasteiger partial charge in [-0.15, -0.1) is 0 Å². The summed E-state index contributed by atoms with van der Waals surface area (Å²) in [6.07, 6.45) is -2.40. The topological polar surface area (TPSA) is 43.1 Å². The SMILES string of the molecule is CC(=O)C(N)C1CCCCC1C(F)(F)F. The van der Waals surface area contributed by atoms with Crippen LogP contribution in [-0.2, 0) is 4.79 Å². The second kappa shape index (κ2) is 4.51. The van der Waals surface area contributed by atoms with Crippen molar-refractivity contribution in [3.05, 3.63) is 0 Å². The second-order valence-corrected chi connectivity index (χ2v) is 4.23. The number of halogens is 3. The summed E-state index contributed by atoms with van der Waals surface area (Å²) in [5.41, 5.74) is 5.53. The van der Waals surface area contributed by atoms with Gasteiger partial charge in [0.25, 0.3) is 0 Å². The maximum absolute atomic E-state index is 12.6. The minimum atomic E-state index is -4.22. The normalized spacial score (nSPS) is 29.9. The van der Waals surface area contributed by atoms with E-state index in [9.17, 15) is 18.0 Å². The highest BCUT2D eigenvalue weighted by molar-refractivity contribution is 5.81. The van der Waals surface area contributed by atoms with Gasteiger partial charge in [-0.3, -0.25) is 4.79 Å². The summed E-state index contributed by atoms with van der Waals surface area (Å²) in [7, 11) is 0. The zero-order valence-corrected chi connectivity index (χ0v) is 8.68. The Morgan fingerprint density at radius 3 is 2.33 bits per heavy atom. The van der Waals surface area contributed by atoms with Crippen molar-refractivity contribution in [2.24, 2.45) is 17.6 Å². The Hall–Kier alpha value is -0.580. The van der Waals surface area contributed by atoms with Crippen LogP contribution in [0.1, 0.15) is 32.6 Å². The Kier molecular flexibility index (Phi) is 3.76. The van der Waals surface area contributed by atoms with Gasteiger partial charge in [-0.25, -0.2) is 0 Å². The summed E-state index contributed by atoms with van der Waals surface area (Å²) < 4.78 is 37.9. The molecule has 0 aromatic carbocycles. The number of hydrogen-bond donors (Lipinski definition) is 1. The van der Waals surface area contributed by atoms with Crippen molar-refractivity contribution >= 4 is 5.78 Å². The van der Waals surface area contributed by atoms with Gasteiger partial charge in [0.15, 0.2) is 0 Å². The van der Waals surface area contributed by atoms with E-state index in [1.807, 2.05) is 0 Å². The molecular formula is C10H16F3NO. The van der Waals surface area contributed by atoms with Gasteiger partial charge in [0, 0.05) is 0 Å². The Morgan fingerprint density at radius 2 is 1.87 bits per heavy atom. The van der Waals surface area contributed by atoms with Gasteiger partial charge in [-0.1, -0.05) is 12.8 Å². The van der Waals surface area contributed by atoms with Crippen molar-refractivity contribution in [3.63, 3.8) is 0 Å². The van der Waals surface area contributed by atoms with Crippen molar-refractivity contribution in [2.75, 3.05) is 0 Å². The van der Waals surface area contributed by atoms with E-state index in [1.54, 1.807) is 0 Å². The van der Waals surface area contributed by atoms with Gasteiger partial charge >= 0.3 is 6.18 Å². The molecule has 0 spiro atoms. The lowest BCUT2D eigenvalue weighted by molar-refractivity contribution is -0.198. The van der Waals surface area contributed by atoms with Crippen LogP contribution in [0.5, 0.6) is 0 Å². The maximum atomic E-state index is 12.6. The van der Waals surface area contributed by atoms with Crippen LogP contribution < -0.4 is 5.73 Å². The van der Waals surface area contributed by atoms with Crippen LogP contribution in [0.3, 0.4) is 0 Å².